The molecule has 1 unspecified atom stereocenters. The van der Waals surface area contributed by atoms with Gasteiger partial charge >= 0.3 is 0 Å². The summed E-state index contributed by atoms with van der Waals surface area (Å²) in [5.74, 6) is -0.0473. The van der Waals surface area contributed by atoms with Crippen molar-refractivity contribution in [1.29, 1.82) is 0 Å². The van der Waals surface area contributed by atoms with E-state index in [9.17, 15) is 5.11 Å². The van der Waals surface area contributed by atoms with Crippen LogP contribution in [0.15, 0.2) is 12.1 Å². The lowest BCUT2D eigenvalue weighted by molar-refractivity contribution is 0.285. The first-order valence-electron chi connectivity index (χ1n) is 7.27. The first kappa shape index (κ1) is 15.7. The third kappa shape index (κ3) is 4.18. The van der Waals surface area contributed by atoms with E-state index >= 15 is 0 Å². The molecule has 5 heteroatoms. The van der Waals surface area contributed by atoms with E-state index < -0.39 is 0 Å². The van der Waals surface area contributed by atoms with Crippen LogP contribution < -0.4 is 5.32 Å². The summed E-state index contributed by atoms with van der Waals surface area (Å²) in [7, 11) is 0. The number of likely N-dealkylation sites (tertiary alicyclic amines) is 1. The van der Waals surface area contributed by atoms with Crippen molar-refractivity contribution >= 4 is 28.9 Å². The van der Waals surface area contributed by atoms with Crippen molar-refractivity contribution in [3.05, 3.63) is 22.2 Å². The van der Waals surface area contributed by atoms with E-state index in [0.717, 1.165) is 25.1 Å². The van der Waals surface area contributed by atoms with E-state index in [1.54, 1.807) is 12.1 Å². The van der Waals surface area contributed by atoms with E-state index in [4.69, 9.17) is 23.2 Å². The molecule has 1 heterocycles. The number of phenolic OH excluding ortho intramolecular Hbond substituents is 1. The minimum absolute atomic E-state index is 0.0473. The molecule has 3 nitrogen and oxygen atoms in total. The van der Waals surface area contributed by atoms with Gasteiger partial charge < -0.3 is 15.3 Å². The van der Waals surface area contributed by atoms with Gasteiger partial charge in [0.25, 0.3) is 0 Å². The van der Waals surface area contributed by atoms with Crippen LogP contribution in [0.25, 0.3) is 0 Å². The largest absolute Gasteiger partial charge is 0.505 e. The maximum atomic E-state index is 9.58. The topological polar surface area (TPSA) is 35.5 Å². The van der Waals surface area contributed by atoms with Crippen molar-refractivity contribution in [1.82, 2.24) is 4.90 Å². The Hall–Kier alpha value is -0.640. The Bertz CT molecular complexity index is 430. The van der Waals surface area contributed by atoms with Gasteiger partial charge in [0.1, 0.15) is 0 Å². The highest BCUT2D eigenvalue weighted by molar-refractivity contribution is 6.37. The summed E-state index contributed by atoms with van der Waals surface area (Å²) in [6.07, 6.45) is 4.69. The predicted octanol–water partition coefficient (Wildman–Crippen LogP) is 4.38. The second kappa shape index (κ2) is 7.39. The Morgan fingerprint density at radius 3 is 2.60 bits per heavy atom. The van der Waals surface area contributed by atoms with Gasteiger partial charge in [-0.2, -0.15) is 0 Å². The summed E-state index contributed by atoms with van der Waals surface area (Å²) in [5.41, 5.74) is 0.881. The first-order valence-corrected chi connectivity index (χ1v) is 8.02. The second-order valence-corrected chi connectivity index (χ2v) is 6.22. The molecule has 0 saturated carbocycles. The molecule has 1 saturated heterocycles. The molecule has 0 aliphatic carbocycles. The van der Waals surface area contributed by atoms with Crippen molar-refractivity contribution in [2.24, 2.45) is 0 Å². The lowest BCUT2D eigenvalue weighted by Crippen LogP contribution is -2.27. The quantitative estimate of drug-likeness (QED) is 0.809. The number of hydrogen-bond acceptors (Lipinski definition) is 3. The molecular weight excluding hydrogens is 295 g/mol. The summed E-state index contributed by atoms with van der Waals surface area (Å²) >= 11 is 11.9. The highest BCUT2D eigenvalue weighted by atomic mass is 35.5. The molecule has 1 fully saturated rings. The summed E-state index contributed by atoms with van der Waals surface area (Å²) in [4.78, 5) is 2.53. The Morgan fingerprint density at radius 1 is 1.25 bits per heavy atom. The molecule has 1 aromatic rings. The zero-order valence-corrected chi connectivity index (χ0v) is 13.3. The number of aromatic hydroxyl groups is 1. The van der Waals surface area contributed by atoms with E-state index in [1.807, 2.05) is 0 Å². The fourth-order valence-corrected chi connectivity index (χ4v) is 3.21. The fraction of sp³-hybridized carbons (Fsp3) is 0.600. The molecule has 0 spiro atoms. The van der Waals surface area contributed by atoms with Gasteiger partial charge in [-0.15, -0.1) is 0 Å². The zero-order chi connectivity index (χ0) is 14.5. The van der Waals surface area contributed by atoms with E-state index in [0.29, 0.717) is 16.1 Å². The number of benzene rings is 1. The average Bonchev–Trinajstić information content (AvgIpc) is 2.62. The molecule has 1 aromatic carbocycles. The maximum Gasteiger partial charge on any atom is 0.152 e. The summed E-state index contributed by atoms with van der Waals surface area (Å²) in [5, 5.41) is 13.6. The average molecular weight is 317 g/mol. The Morgan fingerprint density at radius 2 is 1.95 bits per heavy atom. The number of rotatable bonds is 4. The molecule has 0 amide bonds. The zero-order valence-electron chi connectivity index (χ0n) is 11.8. The first-order chi connectivity index (χ1) is 9.60. The molecule has 0 radical (unpaired) electrons. The number of phenols is 1. The van der Waals surface area contributed by atoms with Crippen LogP contribution in [0.3, 0.4) is 0 Å². The third-order valence-electron chi connectivity index (χ3n) is 3.75. The van der Waals surface area contributed by atoms with Crippen LogP contribution in [0.5, 0.6) is 5.75 Å². The van der Waals surface area contributed by atoms with Crippen LogP contribution in [0, 0.1) is 0 Å². The molecule has 2 N–H and O–H groups in total. The Balaban J connectivity index is 1.96. The molecule has 1 aliphatic rings. The van der Waals surface area contributed by atoms with Crippen LogP contribution in [-0.2, 0) is 0 Å². The van der Waals surface area contributed by atoms with Gasteiger partial charge in [0.15, 0.2) is 5.75 Å². The van der Waals surface area contributed by atoms with Crippen molar-refractivity contribution < 1.29 is 5.11 Å². The third-order valence-corrected chi connectivity index (χ3v) is 4.32. The Kier molecular flexibility index (Phi) is 5.82. The summed E-state index contributed by atoms with van der Waals surface area (Å²) < 4.78 is 0. The predicted molar refractivity (Wildman–Crippen MR) is 86.1 cm³/mol. The monoisotopic (exact) mass is 316 g/mol. The highest BCUT2D eigenvalue weighted by Gasteiger charge is 2.17. The van der Waals surface area contributed by atoms with Gasteiger partial charge in [-0.1, -0.05) is 30.1 Å². The standard InChI is InChI=1S/C15H22Cl2N2O/c1-2-6-19-7-3-4-11(5-8-19)18-12-9-13(16)15(20)14(17)10-12/h9-11,18,20H,2-8H2,1H3. The minimum Gasteiger partial charge on any atom is -0.505 e. The molecule has 0 aromatic heterocycles. The van der Waals surface area contributed by atoms with Gasteiger partial charge in [-0.3, -0.25) is 0 Å². The van der Waals surface area contributed by atoms with Crippen LogP contribution >= 0.6 is 23.2 Å². The minimum atomic E-state index is -0.0473. The number of halogens is 2. The van der Waals surface area contributed by atoms with Crippen LogP contribution in [0.2, 0.25) is 10.0 Å². The van der Waals surface area contributed by atoms with Gasteiger partial charge in [0, 0.05) is 18.3 Å². The smallest absolute Gasteiger partial charge is 0.152 e. The molecular formula is C15H22Cl2N2O. The van der Waals surface area contributed by atoms with Gasteiger partial charge in [-0.25, -0.2) is 0 Å². The molecule has 2 rings (SSSR count). The van der Waals surface area contributed by atoms with Crippen molar-refractivity contribution in [2.75, 3.05) is 25.0 Å². The molecule has 0 bridgehead atoms. The number of nitrogens with one attached hydrogen (secondary N) is 1. The number of anilines is 1. The van der Waals surface area contributed by atoms with Crippen LogP contribution in [-0.4, -0.2) is 35.7 Å². The lowest BCUT2D eigenvalue weighted by Gasteiger charge is -2.20. The highest BCUT2D eigenvalue weighted by Crippen LogP contribution is 2.35. The number of nitrogens with zero attached hydrogens (tertiary/aromatic N) is 1. The van der Waals surface area contributed by atoms with Gasteiger partial charge in [-0.05, 0) is 50.9 Å². The van der Waals surface area contributed by atoms with E-state index in [1.165, 1.54) is 25.9 Å². The summed E-state index contributed by atoms with van der Waals surface area (Å²) in [6.45, 7) is 5.72. The van der Waals surface area contributed by atoms with Gasteiger partial charge in [0.05, 0.1) is 10.0 Å². The lowest BCUT2D eigenvalue weighted by atomic mass is 10.1. The normalized spacial score (nSPS) is 20.6. The van der Waals surface area contributed by atoms with Crippen molar-refractivity contribution in [2.45, 2.75) is 38.6 Å². The van der Waals surface area contributed by atoms with Crippen LogP contribution in [0.4, 0.5) is 5.69 Å². The molecule has 112 valence electrons. The SMILES string of the molecule is CCCN1CCCC(Nc2cc(Cl)c(O)c(Cl)c2)CC1. The Labute approximate surface area is 130 Å². The van der Waals surface area contributed by atoms with E-state index in [-0.39, 0.29) is 5.75 Å². The number of hydrogen-bond donors (Lipinski definition) is 2. The van der Waals surface area contributed by atoms with E-state index in [2.05, 4.69) is 17.1 Å². The molecule has 1 atom stereocenters. The van der Waals surface area contributed by atoms with Crippen molar-refractivity contribution in [3.63, 3.8) is 0 Å². The maximum absolute atomic E-state index is 9.58. The van der Waals surface area contributed by atoms with Crippen LogP contribution in [0.1, 0.15) is 32.6 Å². The second-order valence-electron chi connectivity index (χ2n) is 5.40. The summed E-state index contributed by atoms with van der Waals surface area (Å²) in [6, 6.07) is 3.91. The molecule has 20 heavy (non-hydrogen) atoms. The van der Waals surface area contributed by atoms with Gasteiger partial charge in [0.2, 0.25) is 0 Å². The van der Waals surface area contributed by atoms with Crippen molar-refractivity contribution in [3.8, 4) is 5.75 Å². The fourth-order valence-electron chi connectivity index (χ4n) is 2.72. The molecule has 1 aliphatic heterocycles.